The molecule has 4 nitrogen and oxygen atoms in total. The molecule has 0 bridgehead atoms. The Morgan fingerprint density at radius 1 is 1.46 bits per heavy atom. The second kappa shape index (κ2) is 3.80. The number of aliphatic carboxylic acids is 1. The van der Waals surface area contributed by atoms with Gasteiger partial charge in [-0.2, -0.15) is 0 Å². The smallest absolute Gasteiger partial charge is 0.372 e. The van der Waals surface area contributed by atoms with Crippen molar-refractivity contribution in [2.75, 3.05) is 0 Å². The number of aromatic nitrogens is 1. The van der Waals surface area contributed by atoms with Gasteiger partial charge in [-0.15, -0.1) is 0 Å². The van der Waals surface area contributed by atoms with Gasteiger partial charge in [0, 0.05) is 11.4 Å². The average molecular weight is 179 g/mol. The summed E-state index contributed by atoms with van der Waals surface area (Å²) in [6.45, 7) is 1.79. The summed E-state index contributed by atoms with van der Waals surface area (Å²) >= 11 is 0. The number of Topliss-reactive ketones (excluding diaryl/α,β-unsaturated/α-hetero) is 1. The first kappa shape index (κ1) is 9.38. The second-order valence-electron chi connectivity index (χ2n) is 2.68. The first-order chi connectivity index (χ1) is 6.09. The van der Waals surface area contributed by atoms with Gasteiger partial charge in [-0.25, -0.2) is 4.79 Å². The maximum absolute atomic E-state index is 10.8. The Labute approximate surface area is 75.2 Å². The number of carbonyl (C=O) groups is 2. The Balaban J connectivity index is 2.75. The SMILES string of the molecule is Cc1cccc(CC(=O)C(=O)O)n1. The van der Waals surface area contributed by atoms with Gasteiger partial charge in [0.2, 0.25) is 5.78 Å². The van der Waals surface area contributed by atoms with Crippen LogP contribution in [0.1, 0.15) is 11.4 Å². The molecule has 0 aliphatic heterocycles. The first-order valence-corrected chi connectivity index (χ1v) is 3.78. The molecule has 0 saturated heterocycles. The number of pyridine rings is 1. The summed E-state index contributed by atoms with van der Waals surface area (Å²) in [5, 5.41) is 8.34. The molecule has 0 spiro atoms. The van der Waals surface area contributed by atoms with Crippen LogP contribution in [0.25, 0.3) is 0 Å². The van der Waals surface area contributed by atoms with Gasteiger partial charge < -0.3 is 5.11 Å². The van der Waals surface area contributed by atoms with E-state index in [1.807, 2.05) is 0 Å². The van der Waals surface area contributed by atoms with Crippen molar-refractivity contribution >= 4 is 11.8 Å². The van der Waals surface area contributed by atoms with E-state index < -0.39 is 11.8 Å². The van der Waals surface area contributed by atoms with Crippen molar-refractivity contribution in [2.45, 2.75) is 13.3 Å². The average Bonchev–Trinajstić information content (AvgIpc) is 2.04. The number of aryl methyl sites for hydroxylation is 1. The number of carboxylic acid groups (broad SMARTS) is 1. The van der Waals surface area contributed by atoms with Crippen molar-refractivity contribution in [2.24, 2.45) is 0 Å². The van der Waals surface area contributed by atoms with Gasteiger partial charge in [-0.3, -0.25) is 9.78 Å². The highest BCUT2D eigenvalue weighted by molar-refractivity contribution is 6.33. The van der Waals surface area contributed by atoms with Crippen molar-refractivity contribution in [1.29, 1.82) is 0 Å². The minimum absolute atomic E-state index is 0.142. The molecule has 1 aromatic rings. The quantitative estimate of drug-likeness (QED) is 0.689. The third-order valence-corrected chi connectivity index (χ3v) is 1.53. The molecule has 0 radical (unpaired) electrons. The lowest BCUT2D eigenvalue weighted by Gasteiger charge is -1.97. The molecule has 68 valence electrons. The predicted octanol–water partition coefficient (Wildman–Crippen LogP) is 0.586. The van der Waals surface area contributed by atoms with Gasteiger partial charge in [0.1, 0.15) is 0 Å². The van der Waals surface area contributed by atoms with Crippen LogP contribution in [0.4, 0.5) is 0 Å². The molecule has 1 heterocycles. The lowest BCUT2D eigenvalue weighted by Crippen LogP contribution is -2.15. The number of carboxylic acids is 1. The largest absolute Gasteiger partial charge is 0.475 e. The van der Waals surface area contributed by atoms with Crippen LogP contribution in [-0.4, -0.2) is 21.8 Å². The Bertz CT molecular complexity index is 346. The van der Waals surface area contributed by atoms with Crippen molar-refractivity contribution in [3.63, 3.8) is 0 Å². The molecule has 13 heavy (non-hydrogen) atoms. The maximum Gasteiger partial charge on any atom is 0.372 e. The van der Waals surface area contributed by atoms with Crippen molar-refractivity contribution in [3.8, 4) is 0 Å². The first-order valence-electron chi connectivity index (χ1n) is 3.78. The molecular formula is C9H9NO3. The number of nitrogens with zero attached hydrogens (tertiary/aromatic N) is 1. The maximum atomic E-state index is 10.8. The summed E-state index contributed by atoms with van der Waals surface area (Å²) in [5.74, 6) is -2.25. The highest BCUT2D eigenvalue weighted by atomic mass is 16.4. The molecule has 1 N–H and O–H groups in total. The van der Waals surface area contributed by atoms with Crippen LogP contribution in [0.2, 0.25) is 0 Å². The van der Waals surface area contributed by atoms with Crippen LogP contribution in [-0.2, 0) is 16.0 Å². The summed E-state index contributed by atoms with van der Waals surface area (Å²) in [6, 6.07) is 5.16. The van der Waals surface area contributed by atoms with Crippen LogP contribution in [0.5, 0.6) is 0 Å². The number of carbonyl (C=O) groups excluding carboxylic acids is 1. The van der Waals surface area contributed by atoms with E-state index in [-0.39, 0.29) is 6.42 Å². The van der Waals surface area contributed by atoms with E-state index in [1.54, 1.807) is 25.1 Å². The summed E-state index contributed by atoms with van der Waals surface area (Å²) in [5.41, 5.74) is 1.27. The van der Waals surface area contributed by atoms with E-state index >= 15 is 0 Å². The monoisotopic (exact) mass is 179 g/mol. The third-order valence-electron chi connectivity index (χ3n) is 1.53. The van der Waals surface area contributed by atoms with Gasteiger partial charge in [-0.1, -0.05) is 6.07 Å². The molecule has 0 fully saturated rings. The Morgan fingerprint density at radius 2 is 2.15 bits per heavy atom. The molecular weight excluding hydrogens is 170 g/mol. The van der Waals surface area contributed by atoms with Crippen LogP contribution in [0.3, 0.4) is 0 Å². The number of rotatable bonds is 3. The minimum Gasteiger partial charge on any atom is -0.475 e. The Kier molecular flexibility index (Phi) is 2.74. The fourth-order valence-corrected chi connectivity index (χ4v) is 0.938. The van der Waals surface area contributed by atoms with Crippen LogP contribution in [0, 0.1) is 6.92 Å². The molecule has 0 aliphatic rings. The Morgan fingerprint density at radius 3 is 2.69 bits per heavy atom. The molecule has 0 unspecified atom stereocenters. The zero-order valence-corrected chi connectivity index (χ0v) is 7.15. The fourth-order valence-electron chi connectivity index (χ4n) is 0.938. The standard InChI is InChI=1S/C9H9NO3/c1-6-3-2-4-7(10-6)5-8(11)9(12)13/h2-4H,5H2,1H3,(H,12,13). The van der Waals surface area contributed by atoms with Gasteiger partial charge in [-0.05, 0) is 19.1 Å². The molecule has 0 aliphatic carbocycles. The van der Waals surface area contributed by atoms with Crippen LogP contribution in [0.15, 0.2) is 18.2 Å². The number of hydrogen-bond acceptors (Lipinski definition) is 3. The summed E-state index contributed by atoms with van der Waals surface area (Å²) < 4.78 is 0. The van der Waals surface area contributed by atoms with E-state index in [0.29, 0.717) is 5.69 Å². The second-order valence-corrected chi connectivity index (χ2v) is 2.68. The molecule has 0 saturated carbocycles. The zero-order chi connectivity index (χ0) is 9.84. The zero-order valence-electron chi connectivity index (χ0n) is 7.15. The fraction of sp³-hybridized carbons (Fsp3) is 0.222. The highest BCUT2D eigenvalue weighted by Gasteiger charge is 2.12. The third kappa shape index (κ3) is 2.66. The molecule has 1 rings (SSSR count). The molecule has 0 amide bonds. The normalized spacial score (nSPS) is 9.62. The summed E-state index contributed by atoms with van der Waals surface area (Å²) in [7, 11) is 0. The molecule has 0 atom stereocenters. The molecule has 1 aromatic heterocycles. The van der Waals surface area contributed by atoms with Crippen LogP contribution >= 0.6 is 0 Å². The molecule has 4 heteroatoms. The highest BCUT2D eigenvalue weighted by Crippen LogP contribution is 1.99. The van der Waals surface area contributed by atoms with Gasteiger partial charge in [0.05, 0.1) is 6.42 Å². The number of ketones is 1. The van der Waals surface area contributed by atoms with Gasteiger partial charge >= 0.3 is 5.97 Å². The predicted molar refractivity (Wildman–Crippen MR) is 45.3 cm³/mol. The van der Waals surface area contributed by atoms with Crippen molar-refractivity contribution in [3.05, 3.63) is 29.6 Å². The van der Waals surface area contributed by atoms with E-state index in [2.05, 4.69) is 4.98 Å². The lowest BCUT2D eigenvalue weighted by molar-refractivity contribution is -0.148. The topological polar surface area (TPSA) is 67.3 Å². The van der Waals surface area contributed by atoms with E-state index in [9.17, 15) is 9.59 Å². The summed E-state index contributed by atoms with van der Waals surface area (Å²) in [4.78, 5) is 25.0. The van der Waals surface area contributed by atoms with Crippen molar-refractivity contribution < 1.29 is 14.7 Å². The molecule has 0 aromatic carbocycles. The summed E-state index contributed by atoms with van der Waals surface area (Å²) in [6.07, 6.45) is -0.142. The number of hydrogen-bond donors (Lipinski definition) is 1. The Hall–Kier alpha value is -1.71. The minimum atomic E-state index is -1.41. The van der Waals surface area contributed by atoms with Gasteiger partial charge in [0.25, 0.3) is 0 Å². The lowest BCUT2D eigenvalue weighted by atomic mass is 10.2. The van der Waals surface area contributed by atoms with Crippen LogP contribution < -0.4 is 0 Å². The van der Waals surface area contributed by atoms with E-state index in [0.717, 1.165) is 5.69 Å². The van der Waals surface area contributed by atoms with E-state index in [1.165, 1.54) is 0 Å². The van der Waals surface area contributed by atoms with Crippen molar-refractivity contribution in [1.82, 2.24) is 4.98 Å². The van der Waals surface area contributed by atoms with E-state index in [4.69, 9.17) is 5.11 Å². The van der Waals surface area contributed by atoms with Gasteiger partial charge in [0.15, 0.2) is 0 Å².